The lowest BCUT2D eigenvalue weighted by Crippen LogP contribution is -2.35. The highest BCUT2D eigenvalue weighted by Crippen LogP contribution is 2.17. The van der Waals surface area contributed by atoms with Crippen LogP contribution in [-0.4, -0.2) is 24.0 Å². The first-order valence-corrected chi connectivity index (χ1v) is 6.69. The molecule has 1 aromatic heterocycles. The lowest BCUT2D eigenvalue weighted by Gasteiger charge is -2.22. The van der Waals surface area contributed by atoms with E-state index in [-0.39, 0.29) is 5.91 Å². The zero-order chi connectivity index (χ0) is 13.7. The molecule has 1 aromatic carbocycles. The van der Waals surface area contributed by atoms with Crippen LogP contribution < -0.4 is 10.6 Å². The summed E-state index contributed by atoms with van der Waals surface area (Å²) in [4.78, 5) is 18.2. The number of rotatable bonds is 4. The first-order chi connectivity index (χ1) is 9.22. The van der Waals surface area contributed by atoms with Crippen molar-refractivity contribution >= 4 is 27.5 Å². The van der Waals surface area contributed by atoms with Gasteiger partial charge in [0.25, 0.3) is 5.91 Å². The monoisotopic (exact) mass is 319 g/mol. The van der Waals surface area contributed by atoms with Crippen molar-refractivity contribution in [1.82, 2.24) is 4.98 Å². The smallest absolute Gasteiger partial charge is 0.259 e. The van der Waals surface area contributed by atoms with Gasteiger partial charge in [-0.3, -0.25) is 9.78 Å². The summed E-state index contributed by atoms with van der Waals surface area (Å²) in [5, 5.41) is 0. The highest BCUT2D eigenvalue weighted by Gasteiger charge is 2.17. The third kappa shape index (κ3) is 3.39. The van der Waals surface area contributed by atoms with Crippen molar-refractivity contribution in [2.75, 3.05) is 18.0 Å². The van der Waals surface area contributed by atoms with Crippen molar-refractivity contribution < 1.29 is 4.79 Å². The Morgan fingerprint density at radius 2 is 2.00 bits per heavy atom. The average Bonchev–Trinajstić information content (AvgIpc) is 2.45. The molecule has 0 saturated carbocycles. The topological polar surface area (TPSA) is 59.2 Å². The van der Waals surface area contributed by atoms with Crippen LogP contribution in [0.1, 0.15) is 10.4 Å². The van der Waals surface area contributed by atoms with Gasteiger partial charge in [-0.15, -0.1) is 0 Å². The molecule has 0 atom stereocenters. The number of anilines is 1. The van der Waals surface area contributed by atoms with Gasteiger partial charge in [-0.05, 0) is 34.1 Å². The van der Waals surface area contributed by atoms with Gasteiger partial charge in [0.15, 0.2) is 0 Å². The maximum Gasteiger partial charge on any atom is 0.259 e. The van der Waals surface area contributed by atoms with Gasteiger partial charge in [-0.1, -0.05) is 18.2 Å². The van der Waals surface area contributed by atoms with E-state index in [2.05, 4.69) is 20.9 Å². The number of carbonyl (C=O) groups excluding carboxylic acids is 1. The molecule has 2 N–H and O–H groups in total. The molecule has 2 aromatic rings. The molecular weight excluding hydrogens is 306 g/mol. The van der Waals surface area contributed by atoms with Crippen LogP contribution in [0, 0.1) is 0 Å². The molecule has 0 unspecified atom stereocenters. The SMILES string of the molecule is NCCN(C(=O)c1cncc(Br)c1)c1ccccc1. The van der Waals surface area contributed by atoms with E-state index in [1.165, 1.54) is 0 Å². The van der Waals surface area contributed by atoms with Crippen LogP contribution in [0.5, 0.6) is 0 Å². The summed E-state index contributed by atoms with van der Waals surface area (Å²) in [5.74, 6) is -0.106. The maximum atomic E-state index is 12.5. The zero-order valence-electron chi connectivity index (χ0n) is 10.3. The second-order valence-electron chi connectivity index (χ2n) is 3.97. The van der Waals surface area contributed by atoms with Crippen molar-refractivity contribution in [2.45, 2.75) is 0 Å². The zero-order valence-corrected chi connectivity index (χ0v) is 11.9. The maximum absolute atomic E-state index is 12.5. The summed E-state index contributed by atoms with van der Waals surface area (Å²) in [7, 11) is 0. The van der Waals surface area contributed by atoms with Gasteiger partial charge >= 0.3 is 0 Å². The third-order valence-electron chi connectivity index (χ3n) is 2.62. The number of benzene rings is 1. The molecule has 5 heteroatoms. The predicted molar refractivity (Wildman–Crippen MR) is 79.1 cm³/mol. The summed E-state index contributed by atoms with van der Waals surface area (Å²) in [6.07, 6.45) is 3.20. The molecule has 0 spiro atoms. The number of aromatic nitrogens is 1. The molecular formula is C14H14BrN3O. The van der Waals surface area contributed by atoms with E-state index in [4.69, 9.17) is 5.73 Å². The van der Waals surface area contributed by atoms with Gasteiger partial charge in [0.05, 0.1) is 5.56 Å². The molecule has 1 heterocycles. The molecule has 4 nitrogen and oxygen atoms in total. The lowest BCUT2D eigenvalue weighted by molar-refractivity contribution is 0.0987. The molecule has 2 rings (SSSR count). The minimum atomic E-state index is -0.106. The van der Waals surface area contributed by atoms with Gasteiger partial charge in [-0.2, -0.15) is 0 Å². The fourth-order valence-electron chi connectivity index (χ4n) is 1.77. The van der Waals surface area contributed by atoms with Crippen LogP contribution >= 0.6 is 15.9 Å². The van der Waals surface area contributed by atoms with Crippen molar-refractivity contribution in [1.29, 1.82) is 0 Å². The molecule has 1 amide bonds. The normalized spacial score (nSPS) is 10.2. The number of hydrogen-bond acceptors (Lipinski definition) is 3. The Morgan fingerprint density at radius 3 is 2.63 bits per heavy atom. The van der Waals surface area contributed by atoms with Crippen LogP contribution in [0.2, 0.25) is 0 Å². The van der Waals surface area contributed by atoms with Crippen LogP contribution in [0.15, 0.2) is 53.3 Å². The molecule has 19 heavy (non-hydrogen) atoms. The third-order valence-corrected chi connectivity index (χ3v) is 3.05. The fraction of sp³-hybridized carbons (Fsp3) is 0.143. The van der Waals surface area contributed by atoms with E-state index in [9.17, 15) is 4.79 Å². The average molecular weight is 320 g/mol. The number of carbonyl (C=O) groups is 1. The van der Waals surface area contributed by atoms with Gasteiger partial charge in [0.1, 0.15) is 0 Å². The van der Waals surface area contributed by atoms with Gasteiger partial charge in [0.2, 0.25) is 0 Å². The number of para-hydroxylation sites is 1. The Bertz CT molecular complexity index is 560. The van der Waals surface area contributed by atoms with E-state index < -0.39 is 0 Å². The van der Waals surface area contributed by atoms with Gasteiger partial charge in [-0.25, -0.2) is 0 Å². The highest BCUT2D eigenvalue weighted by atomic mass is 79.9. The van der Waals surface area contributed by atoms with E-state index >= 15 is 0 Å². The summed E-state index contributed by atoms with van der Waals surface area (Å²) in [5.41, 5.74) is 6.96. The number of nitrogens with zero attached hydrogens (tertiary/aromatic N) is 2. The van der Waals surface area contributed by atoms with E-state index in [1.54, 1.807) is 23.4 Å². The standard InChI is InChI=1S/C14H14BrN3O/c15-12-8-11(9-17-10-12)14(19)18(7-6-16)13-4-2-1-3-5-13/h1-5,8-10H,6-7,16H2. The molecule has 0 radical (unpaired) electrons. The Kier molecular flexibility index (Phi) is 4.65. The lowest BCUT2D eigenvalue weighted by atomic mass is 10.2. The summed E-state index contributed by atoms with van der Waals surface area (Å²) in [6.45, 7) is 0.872. The number of amides is 1. The van der Waals surface area contributed by atoms with Crippen LogP contribution in [0.4, 0.5) is 5.69 Å². The molecule has 0 aliphatic rings. The van der Waals surface area contributed by atoms with Crippen LogP contribution in [-0.2, 0) is 0 Å². The first-order valence-electron chi connectivity index (χ1n) is 5.90. The highest BCUT2D eigenvalue weighted by molar-refractivity contribution is 9.10. The Hall–Kier alpha value is -1.72. The molecule has 0 aliphatic heterocycles. The van der Waals surface area contributed by atoms with Gasteiger partial charge < -0.3 is 10.6 Å². The molecule has 98 valence electrons. The van der Waals surface area contributed by atoms with Crippen molar-refractivity contribution in [3.05, 3.63) is 58.8 Å². The number of hydrogen-bond donors (Lipinski definition) is 1. The molecule has 0 bridgehead atoms. The van der Waals surface area contributed by atoms with E-state index in [1.807, 2.05) is 30.3 Å². The van der Waals surface area contributed by atoms with Crippen LogP contribution in [0.3, 0.4) is 0 Å². The predicted octanol–water partition coefficient (Wildman–Crippen LogP) is 2.45. The second-order valence-corrected chi connectivity index (χ2v) is 4.89. The first kappa shape index (κ1) is 13.7. The summed E-state index contributed by atoms with van der Waals surface area (Å²) >= 11 is 3.32. The quantitative estimate of drug-likeness (QED) is 0.941. The van der Waals surface area contributed by atoms with Gasteiger partial charge in [0, 0.05) is 35.6 Å². The number of nitrogens with two attached hydrogens (primary N) is 1. The summed E-state index contributed by atoms with van der Waals surface area (Å²) in [6, 6.07) is 11.2. The number of pyridine rings is 1. The largest absolute Gasteiger partial charge is 0.329 e. The second kappa shape index (κ2) is 6.45. The van der Waals surface area contributed by atoms with E-state index in [0.29, 0.717) is 18.7 Å². The molecule has 0 aliphatic carbocycles. The Balaban J connectivity index is 2.32. The number of halogens is 1. The Labute approximate surface area is 120 Å². The minimum absolute atomic E-state index is 0.106. The van der Waals surface area contributed by atoms with Crippen LogP contribution in [0.25, 0.3) is 0 Å². The Morgan fingerprint density at radius 1 is 1.26 bits per heavy atom. The fourth-order valence-corrected chi connectivity index (χ4v) is 2.13. The van der Waals surface area contributed by atoms with Crippen molar-refractivity contribution in [2.24, 2.45) is 5.73 Å². The molecule has 0 fully saturated rings. The van der Waals surface area contributed by atoms with E-state index in [0.717, 1.165) is 10.2 Å². The summed E-state index contributed by atoms with van der Waals surface area (Å²) < 4.78 is 0.777. The minimum Gasteiger partial charge on any atom is -0.329 e. The van der Waals surface area contributed by atoms with Crippen molar-refractivity contribution in [3.8, 4) is 0 Å². The molecule has 0 saturated heterocycles. The van der Waals surface area contributed by atoms with Crippen molar-refractivity contribution in [3.63, 3.8) is 0 Å².